The third-order valence-corrected chi connectivity index (χ3v) is 5.01. The Labute approximate surface area is 180 Å². The van der Waals surface area contributed by atoms with Gasteiger partial charge in [0.05, 0.1) is 12.6 Å². The molecule has 1 fully saturated rings. The lowest BCUT2D eigenvalue weighted by atomic mass is 9.85. The van der Waals surface area contributed by atoms with Gasteiger partial charge in [0.1, 0.15) is 17.9 Å². The molecule has 9 heteroatoms. The number of amides is 3. The Bertz CT molecular complexity index is 916. The molecule has 3 atom stereocenters. The van der Waals surface area contributed by atoms with E-state index < -0.39 is 41.5 Å². The highest BCUT2D eigenvalue weighted by atomic mass is 19.1. The Kier molecular flexibility index (Phi) is 7.63. The lowest BCUT2D eigenvalue weighted by Gasteiger charge is -2.34. The predicted molar refractivity (Wildman–Crippen MR) is 112 cm³/mol. The minimum absolute atomic E-state index is 0.000348. The van der Waals surface area contributed by atoms with Crippen molar-refractivity contribution in [2.75, 3.05) is 13.1 Å². The highest BCUT2D eigenvalue weighted by Gasteiger charge is 2.44. The molecule has 1 aromatic carbocycles. The van der Waals surface area contributed by atoms with Crippen molar-refractivity contribution < 1.29 is 29.0 Å². The molecular formula is C22H28FN3O5. The molecule has 2 rings (SSSR count). The smallest absolute Gasteiger partial charge is 0.405 e. The van der Waals surface area contributed by atoms with E-state index in [1.165, 1.54) is 17.0 Å². The van der Waals surface area contributed by atoms with Gasteiger partial charge < -0.3 is 25.7 Å². The predicted octanol–water partition coefficient (Wildman–Crippen LogP) is 1.25. The van der Waals surface area contributed by atoms with Crippen LogP contribution in [0.1, 0.15) is 38.3 Å². The van der Waals surface area contributed by atoms with Gasteiger partial charge in [0.2, 0.25) is 11.8 Å². The topological polar surface area (TPSA) is 119 Å². The van der Waals surface area contributed by atoms with E-state index in [0.29, 0.717) is 11.1 Å². The summed E-state index contributed by atoms with van der Waals surface area (Å²) in [6.07, 6.45) is -2.19. The first-order valence-electron chi connectivity index (χ1n) is 9.91. The highest BCUT2D eigenvalue weighted by Crippen LogP contribution is 2.26. The average molecular weight is 433 g/mol. The van der Waals surface area contributed by atoms with Gasteiger partial charge in [0.25, 0.3) is 0 Å². The fourth-order valence-electron chi connectivity index (χ4n) is 3.40. The molecule has 1 unspecified atom stereocenters. The molecule has 0 bridgehead atoms. The van der Waals surface area contributed by atoms with Crippen LogP contribution in [0.25, 0.3) is 0 Å². The zero-order valence-corrected chi connectivity index (χ0v) is 18.0. The summed E-state index contributed by atoms with van der Waals surface area (Å²) in [6, 6.07) is 2.21. The van der Waals surface area contributed by atoms with Gasteiger partial charge in [0, 0.05) is 18.5 Å². The molecule has 0 aromatic heterocycles. The summed E-state index contributed by atoms with van der Waals surface area (Å²) in [6.45, 7) is 6.79. The quantitative estimate of drug-likeness (QED) is 0.533. The van der Waals surface area contributed by atoms with Crippen molar-refractivity contribution in [1.29, 1.82) is 0 Å². The molecular weight excluding hydrogens is 405 g/mol. The van der Waals surface area contributed by atoms with Gasteiger partial charge in [-0.25, -0.2) is 9.18 Å². The second kappa shape index (κ2) is 9.79. The van der Waals surface area contributed by atoms with Crippen molar-refractivity contribution in [2.45, 2.75) is 52.3 Å². The standard InChI is InChI=1S/C22H28FN3O5/c1-13-10-15(23)8-7-14(13)6-5-9-24-19(28)17-11-16(27)12-26(17)20(29)18(22(2,3)4)25-21(30)31/h7-8,10,16-18,25,27H,9,11-12H2,1-4H3,(H,24,28)(H,30,31)/t16-,17+,18?/m1/s1. The fraction of sp³-hybridized carbons (Fsp3) is 0.500. The summed E-state index contributed by atoms with van der Waals surface area (Å²) < 4.78 is 13.2. The number of carboxylic acid groups (broad SMARTS) is 1. The maximum absolute atomic E-state index is 13.2. The van der Waals surface area contributed by atoms with E-state index in [1.54, 1.807) is 33.8 Å². The van der Waals surface area contributed by atoms with E-state index in [-0.39, 0.29) is 25.3 Å². The number of carbonyl (C=O) groups excluding carboxylic acids is 2. The maximum Gasteiger partial charge on any atom is 0.405 e. The molecule has 8 nitrogen and oxygen atoms in total. The van der Waals surface area contributed by atoms with Gasteiger partial charge in [-0.05, 0) is 36.1 Å². The normalized spacial score (nSPS) is 19.2. The van der Waals surface area contributed by atoms with E-state index in [0.717, 1.165) is 0 Å². The van der Waals surface area contributed by atoms with Crippen LogP contribution in [0, 0.1) is 30.0 Å². The van der Waals surface area contributed by atoms with Crippen LogP contribution in [0.4, 0.5) is 9.18 Å². The SMILES string of the molecule is Cc1cc(F)ccc1C#CCNC(=O)[C@@H]1C[C@@H](O)CN1C(=O)C(NC(=O)O)C(C)(C)C. The first-order valence-corrected chi connectivity index (χ1v) is 9.91. The second-order valence-electron chi connectivity index (χ2n) is 8.62. The molecule has 1 heterocycles. The number of likely N-dealkylation sites (tertiary alicyclic amines) is 1. The molecule has 0 aliphatic carbocycles. The maximum atomic E-state index is 13.2. The molecule has 0 radical (unpaired) electrons. The van der Waals surface area contributed by atoms with Gasteiger partial charge in [0.15, 0.2) is 0 Å². The number of nitrogens with one attached hydrogen (secondary N) is 2. The number of rotatable bonds is 4. The molecule has 4 N–H and O–H groups in total. The summed E-state index contributed by atoms with van der Waals surface area (Å²) in [5, 5.41) is 24.0. The van der Waals surface area contributed by atoms with Crippen LogP contribution < -0.4 is 10.6 Å². The summed E-state index contributed by atoms with van der Waals surface area (Å²) in [5.41, 5.74) is 0.577. The van der Waals surface area contributed by atoms with Gasteiger partial charge in [-0.2, -0.15) is 0 Å². The molecule has 1 aliphatic heterocycles. The Morgan fingerprint density at radius 3 is 2.58 bits per heavy atom. The van der Waals surface area contributed by atoms with E-state index in [2.05, 4.69) is 22.5 Å². The third-order valence-electron chi connectivity index (χ3n) is 5.01. The molecule has 168 valence electrons. The van der Waals surface area contributed by atoms with E-state index in [9.17, 15) is 23.9 Å². The van der Waals surface area contributed by atoms with Gasteiger partial charge in [-0.1, -0.05) is 32.6 Å². The van der Waals surface area contributed by atoms with Crippen LogP contribution in [-0.4, -0.2) is 64.3 Å². The molecule has 1 saturated heterocycles. The molecule has 31 heavy (non-hydrogen) atoms. The zero-order chi connectivity index (χ0) is 23.3. The third kappa shape index (κ3) is 6.43. The second-order valence-corrected chi connectivity index (χ2v) is 8.62. The number of hydrogen-bond acceptors (Lipinski definition) is 4. The van der Waals surface area contributed by atoms with Crippen LogP contribution >= 0.6 is 0 Å². The number of aryl methyl sites for hydroxylation is 1. The van der Waals surface area contributed by atoms with Gasteiger partial charge in [-0.3, -0.25) is 9.59 Å². The summed E-state index contributed by atoms with van der Waals surface area (Å²) in [7, 11) is 0. The van der Waals surface area contributed by atoms with Crippen molar-refractivity contribution in [2.24, 2.45) is 5.41 Å². The van der Waals surface area contributed by atoms with Crippen LogP contribution in [0.2, 0.25) is 0 Å². The summed E-state index contributed by atoms with van der Waals surface area (Å²) in [4.78, 5) is 38.0. The van der Waals surface area contributed by atoms with Crippen molar-refractivity contribution in [1.82, 2.24) is 15.5 Å². The lowest BCUT2D eigenvalue weighted by Crippen LogP contribution is -2.57. The number of nitrogens with zero attached hydrogens (tertiary/aromatic N) is 1. The van der Waals surface area contributed by atoms with E-state index in [1.807, 2.05) is 0 Å². The monoisotopic (exact) mass is 433 g/mol. The minimum Gasteiger partial charge on any atom is -0.465 e. The number of benzene rings is 1. The van der Waals surface area contributed by atoms with Crippen molar-refractivity contribution in [3.63, 3.8) is 0 Å². The molecule has 1 aliphatic rings. The average Bonchev–Trinajstić information content (AvgIpc) is 3.05. The van der Waals surface area contributed by atoms with E-state index >= 15 is 0 Å². The Morgan fingerprint density at radius 2 is 2.00 bits per heavy atom. The van der Waals surface area contributed by atoms with Crippen molar-refractivity contribution in [3.05, 3.63) is 35.1 Å². The number of β-amino-alcohol motifs (C(OH)–C–C–N with tert-alkyl or cyclic N) is 1. The van der Waals surface area contributed by atoms with Crippen LogP contribution in [0.3, 0.4) is 0 Å². The zero-order valence-electron chi connectivity index (χ0n) is 18.0. The first-order chi connectivity index (χ1) is 14.4. The molecule has 0 spiro atoms. The highest BCUT2D eigenvalue weighted by molar-refractivity contribution is 5.92. The number of hydrogen-bond donors (Lipinski definition) is 4. The molecule has 0 saturated carbocycles. The summed E-state index contributed by atoms with van der Waals surface area (Å²) >= 11 is 0. The largest absolute Gasteiger partial charge is 0.465 e. The first kappa shape index (κ1) is 24.2. The number of aliphatic hydroxyl groups excluding tert-OH is 1. The lowest BCUT2D eigenvalue weighted by molar-refractivity contribution is -0.142. The van der Waals surface area contributed by atoms with Crippen LogP contribution in [0.15, 0.2) is 18.2 Å². The summed E-state index contributed by atoms with van der Waals surface area (Å²) in [5.74, 6) is 4.22. The number of carbonyl (C=O) groups is 3. The number of aliphatic hydroxyl groups is 1. The Balaban J connectivity index is 2.08. The Hall–Kier alpha value is -3.12. The molecule has 3 amide bonds. The number of halogens is 1. The molecule has 1 aromatic rings. The van der Waals surface area contributed by atoms with E-state index in [4.69, 9.17) is 5.11 Å². The van der Waals surface area contributed by atoms with Crippen molar-refractivity contribution >= 4 is 17.9 Å². The minimum atomic E-state index is -1.35. The Morgan fingerprint density at radius 1 is 1.32 bits per heavy atom. The van der Waals surface area contributed by atoms with Gasteiger partial charge >= 0.3 is 6.09 Å². The van der Waals surface area contributed by atoms with Crippen LogP contribution in [-0.2, 0) is 9.59 Å². The van der Waals surface area contributed by atoms with Gasteiger partial charge in [-0.15, -0.1) is 0 Å². The fourth-order valence-corrected chi connectivity index (χ4v) is 3.40. The van der Waals surface area contributed by atoms with Crippen LogP contribution in [0.5, 0.6) is 0 Å². The van der Waals surface area contributed by atoms with Crippen molar-refractivity contribution in [3.8, 4) is 11.8 Å².